The van der Waals surface area contributed by atoms with E-state index in [1.807, 2.05) is 6.92 Å². The maximum atomic E-state index is 12.4. The van der Waals surface area contributed by atoms with Gasteiger partial charge in [0.25, 0.3) is 11.1 Å². The summed E-state index contributed by atoms with van der Waals surface area (Å²) in [6, 6.07) is 6.30. The average molecular weight is 390 g/mol. The number of nitrogens with one attached hydrogen (secondary N) is 1. The maximum Gasteiger partial charge on any atom is 0.294 e. The van der Waals surface area contributed by atoms with Crippen LogP contribution in [0.2, 0.25) is 0 Å². The molecule has 0 spiro atoms. The van der Waals surface area contributed by atoms with Gasteiger partial charge in [0.15, 0.2) is 0 Å². The monoisotopic (exact) mass is 390 g/mol. The number of aryl methyl sites for hydroxylation is 1. The summed E-state index contributed by atoms with van der Waals surface area (Å²) in [4.78, 5) is 37.6. The normalized spacial score (nSPS) is 15.7. The van der Waals surface area contributed by atoms with Crippen LogP contribution in [-0.4, -0.2) is 43.8 Å². The molecule has 2 aromatic rings. The number of nitrogens with zero attached hydrogens (tertiary/aromatic N) is 3. The predicted molar refractivity (Wildman–Crippen MR) is 98.7 cm³/mol. The summed E-state index contributed by atoms with van der Waals surface area (Å²) in [5.74, 6) is -1.02. The molecule has 10 heteroatoms. The Morgan fingerprint density at radius 2 is 2.15 bits per heavy atom. The molecular weight excluding hydrogens is 376 g/mol. The minimum atomic E-state index is -0.551. The summed E-state index contributed by atoms with van der Waals surface area (Å²) in [6.07, 6.45) is 2.21. The van der Waals surface area contributed by atoms with Gasteiger partial charge < -0.3 is 5.11 Å². The zero-order chi connectivity index (χ0) is 18.7. The molecule has 2 heterocycles. The molecule has 0 saturated carbocycles. The first-order chi connectivity index (χ1) is 12.5. The highest BCUT2D eigenvalue weighted by molar-refractivity contribution is 8.18. The number of rotatable bonds is 5. The van der Waals surface area contributed by atoms with Crippen LogP contribution in [0.1, 0.15) is 17.5 Å². The van der Waals surface area contributed by atoms with Crippen LogP contribution in [-0.2, 0) is 16.0 Å². The molecule has 3 rings (SSSR count). The Morgan fingerprint density at radius 3 is 2.85 bits per heavy atom. The van der Waals surface area contributed by atoms with Crippen molar-refractivity contribution in [1.29, 1.82) is 0 Å². The zero-order valence-corrected chi connectivity index (χ0v) is 15.3. The number of imide groups is 1. The van der Waals surface area contributed by atoms with Crippen LogP contribution >= 0.6 is 23.1 Å². The number of hydrogen-bond acceptors (Lipinski definition) is 8. The molecule has 1 fully saturated rings. The van der Waals surface area contributed by atoms with Crippen molar-refractivity contribution in [3.63, 3.8) is 0 Å². The fraction of sp³-hybridized carbons (Fsp3) is 0.188. The fourth-order valence-electron chi connectivity index (χ4n) is 2.15. The lowest BCUT2D eigenvalue weighted by Gasteiger charge is -2.11. The molecule has 1 aromatic carbocycles. The number of phenolic OH excluding ortho intramolecular Hbond substituents is 1. The topological polar surface area (TPSA) is 112 Å². The van der Waals surface area contributed by atoms with Crippen LogP contribution in [0, 0.1) is 0 Å². The second-order valence-corrected chi connectivity index (χ2v) is 7.32. The van der Waals surface area contributed by atoms with Gasteiger partial charge in [-0.1, -0.05) is 30.4 Å². The van der Waals surface area contributed by atoms with Gasteiger partial charge in [-0.15, -0.1) is 10.2 Å². The smallest absolute Gasteiger partial charge is 0.294 e. The van der Waals surface area contributed by atoms with Gasteiger partial charge in [0.1, 0.15) is 17.3 Å². The molecule has 8 nitrogen and oxygen atoms in total. The van der Waals surface area contributed by atoms with E-state index >= 15 is 0 Å². The summed E-state index contributed by atoms with van der Waals surface area (Å²) in [5.41, 5.74) is 0.584. The number of amides is 3. The van der Waals surface area contributed by atoms with Crippen molar-refractivity contribution in [3.05, 3.63) is 39.7 Å². The second-order valence-electron chi connectivity index (χ2n) is 5.27. The first-order valence-electron chi connectivity index (χ1n) is 7.63. The lowest BCUT2D eigenvalue weighted by atomic mass is 10.2. The fourth-order valence-corrected chi connectivity index (χ4v) is 3.69. The van der Waals surface area contributed by atoms with Gasteiger partial charge in [-0.05, 0) is 42.0 Å². The first kappa shape index (κ1) is 18.1. The van der Waals surface area contributed by atoms with Gasteiger partial charge in [0, 0.05) is 0 Å². The number of carbonyl (C=O) groups is 3. The average Bonchev–Trinajstić information content (AvgIpc) is 3.15. The van der Waals surface area contributed by atoms with E-state index < -0.39 is 23.6 Å². The van der Waals surface area contributed by atoms with Crippen molar-refractivity contribution in [2.24, 2.45) is 0 Å². The number of anilines is 1. The van der Waals surface area contributed by atoms with E-state index in [1.54, 1.807) is 12.1 Å². The van der Waals surface area contributed by atoms with E-state index in [4.69, 9.17) is 0 Å². The summed E-state index contributed by atoms with van der Waals surface area (Å²) < 4.78 is 0. The van der Waals surface area contributed by atoms with Crippen molar-refractivity contribution in [2.75, 3.05) is 11.9 Å². The molecule has 3 amide bonds. The summed E-state index contributed by atoms with van der Waals surface area (Å²) in [7, 11) is 0. The van der Waals surface area contributed by atoms with Crippen molar-refractivity contribution in [2.45, 2.75) is 13.3 Å². The van der Waals surface area contributed by atoms with Crippen molar-refractivity contribution in [1.82, 2.24) is 15.1 Å². The third kappa shape index (κ3) is 4.09. The van der Waals surface area contributed by atoms with Gasteiger partial charge in [-0.3, -0.25) is 24.6 Å². The molecule has 26 heavy (non-hydrogen) atoms. The molecule has 0 radical (unpaired) electrons. The quantitative estimate of drug-likeness (QED) is 0.754. The largest absolute Gasteiger partial charge is 0.508 e. The van der Waals surface area contributed by atoms with E-state index in [-0.39, 0.29) is 10.7 Å². The Labute approximate surface area is 156 Å². The van der Waals surface area contributed by atoms with E-state index in [0.717, 1.165) is 21.7 Å². The Kier molecular flexibility index (Phi) is 5.33. The molecule has 1 saturated heterocycles. The summed E-state index contributed by atoms with van der Waals surface area (Å²) >= 11 is 1.99. The van der Waals surface area contributed by atoms with Crippen LogP contribution in [0.4, 0.5) is 9.93 Å². The SMILES string of the molecule is CCc1nnc(NC(=O)CN2C(=O)SC(=Cc3cccc(O)c3)C2=O)s1. The van der Waals surface area contributed by atoms with Crippen molar-refractivity contribution >= 4 is 51.4 Å². The molecule has 2 N–H and O–H groups in total. The van der Waals surface area contributed by atoms with E-state index in [1.165, 1.54) is 29.5 Å². The molecular formula is C16H14N4O4S2. The van der Waals surface area contributed by atoms with Crippen LogP contribution < -0.4 is 5.32 Å². The number of benzene rings is 1. The Bertz CT molecular complexity index is 909. The third-order valence-electron chi connectivity index (χ3n) is 3.36. The van der Waals surface area contributed by atoms with E-state index in [9.17, 15) is 19.5 Å². The third-order valence-corrected chi connectivity index (χ3v) is 5.25. The highest BCUT2D eigenvalue weighted by Gasteiger charge is 2.36. The molecule has 1 aromatic heterocycles. The number of aromatic hydroxyl groups is 1. The summed E-state index contributed by atoms with van der Waals surface area (Å²) in [6.45, 7) is 1.52. The molecule has 0 aliphatic carbocycles. The van der Waals surface area contributed by atoms with Crippen LogP contribution in [0.15, 0.2) is 29.2 Å². The predicted octanol–water partition coefficient (Wildman–Crippen LogP) is 2.48. The number of hydrogen-bond donors (Lipinski definition) is 2. The van der Waals surface area contributed by atoms with Gasteiger partial charge in [-0.25, -0.2) is 0 Å². The van der Waals surface area contributed by atoms with Gasteiger partial charge in [0.05, 0.1) is 4.91 Å². The number of aromatic nitrogens is 2. The first-order valence-corrected chi connectivity index (χ1v) is 9.26. The minimum absolute atomic E-state index is 0.0564. The van der Waals surface area contributed by atoms with Gasteiger partial charge >= 0.3 is 0 Å². The van der Waals surface area contributed by atoms with E-state index in [0.29, 0.717) is 17.1 Å². The highest BCUT2D eigenvalue weighted by Crippen LogP contribution is 2.32. The van der Waals surface area contributed by atoms with Crippen molar-refractivity contribution < 1.29 is 19.5 Å². The molecule has 0 unspecified atom stereocenters. The van der Waals surface area contributed by atoms with Gasteiger partial charge in [0.2, 0.25) is 11.0 Å². The minimum Gasteiger partial charge on any atom is -0.508 e. The zero-order valence-electron chi connectivity index (χ0n) is 13.6. The van der Waals surface area contributed by atoms with Gasteiger partial charge in [-0.2, -0.15) is 0 Å². The van der Waals surface area contributed by atoms with Crippen LogP contribution in [0.25, 0.3) is 6.08 Å². The molecule has 1 aliphatic heterocycles. The maximum absolute atomic E-state index is 12.4. The second kappa shape index (κ2) is 7.67. The van der Waals surface area contributed by atoms with Crippen molar-refractivity contribution in [3.8, 4) is 5.75 Å². The number of thioether (sulfide) groups is 1. The molecule has 1 aliphatic rings. The lowest BCUT2D eigenvalue weighted by Crippen LogP contribution is -2.36. The van der Waals surface area contributed by atoms with Crippen LogP contribution in [0.5, 0.6) is 5.75 Å². The molecule has 134 valence electrons. The Morgan fingerprint density at radius 1 is 1.35 bits per heavy atom. The summed E-state index contributed by atoms with van der Waals surface area (Å²) in [5, 5.41) is 20.3. The standard InChI is InChI=1S/C16H14N4O4S2/c1-2-13-18-19-15(26-13)17-12(22)8-20-14(23)11(25-16(20)24)7-9-4-3-5-10(21)6-9/h3-7,21H,2,8H2,1H3,(H,17,19,22). The van der Waals surface area contributed by atoms with E-state index in [2.05, 4.69) is 15.5 Å². The number of carbonyl (C=O) groups excluding carboxylic acids is 3. The molecule has 0 bridgehead atoms. The Balaban J connectivity index is 1.67. The Hall–Kier alpha value is -2.72. The number of phenols is 1. The highest BCUT2D eigenvalue weighted by atomic mass is 32.2. The van der Waals surface area contributed by atoms with Crippen LogP contribution in [0.3, 0.4) is 0 Å². The lowest BCUT2D eigenvalue weighted by molar-refractivity contribution is -0.127. The molecule has 0 atom stereocenters.